The molecule has 0 saturated carbocycles. The number of morpholine rings is 1. The molecule has 3 aromatic heterocycles. The summed E-state index contributed by atoms with van der Waals surface area (Å²) >= 11 is -3.55. The fraction of sp³-hybridized carbons (Fsp3) is 0.593. The van der Waals surface area contributed by atoms with Crippen molar-refractivity contribution in [3.05, 3.63) is 30.6 Å². The van der Waals surface area contributed by atoms with Crippen molar-refractivity contribution in [3.63, 3.8) is 0 Å². The van der Waals surface area contributed by atoms with Gasteiger partial charge in [0.1, 0.15) is 23.8 Å². The maximum absolute atomic E-state index is 13.0. The molecule has 0 amide bonds. The minimum Gasteiger partial charge on any atom is -0.393 e. The number of anilines is 1. The smallest absolute Gasteiger partial charge is 0.393 e. The summed E-state index contributed by atoms with van der Waals surface area (Å²) < 4.78 is 68.5. The predicted octanol–water partition coefficient (Wildman–Crippen LogP) is 6.74. The number of rotatable bonds is 8. The number of aromatic nitrogens is 4. The first-order valence-electron chi connectivity index (χ1n) is 13.7. The van der Waals surface area contributed by atoms with Gasteiger partial charge in [0.05, 0.1) is 24.9 Å². The van der Waals surface area contributed by atoms with E-state index in [1.165, 1.54) is 18.3 Å². The molecule has 9 nitrogen and oxygen atoms in total. The average molecular weight is 590 g/mol. The van der Waals surface area contributed by atoms with Gasteiger partial charge in [-0.3, -0.25) is 4.98 Å². The standard InChI is InChI=1S/C21H24F3N5O4S.3C2H6/c1-3-9-32-13-29-16(5-7-26-29)20-19-15(4-6-25-20)17(33-34(30)21(22,23)24)11-18(27-19)28-8-10-31-12-14(28)2;3*1-2/h4-7,11,14H,3,8-10,12-13H2,1-2H3;3*1-2H3. The number of ether oxygens (including phenoxy) is 2. The van der Waals surface area contributed by atoms with E-state index in [-0.39, 0.29) is 23.9 Å². The summed E-state index contributed by atoms with van der Waals surface area (Å²) in [5, 5.41) is 4.51. The molecule has 0 N–H and O–H groups in total. The van der Waals surface area contributed by atoms with Gasteiger partial charge in [0.15, 0.2) is 5.75 Å². The molecule has 226 valence electrons. The molecule has 4 rings (SSSR count). The Labute approximate surface area is 237 Å². The Kier molecular flexibility index (Phi) is 15.7. The van der Waals surface area contributed by atoms with Gasteiger partial charge in [0.2, 0.25) is 0 Å². The van der Waals surface area contributed by atoms with Crippen molar-refractivity contribution in [1.29, 1.82) is 0 Å². The normalized spacial score (nSPS) is 15.6. The van der Waals surface area contributed by atoms with Crippen molar-refractivity contribution in [2.45, 2.75) is 80.1 Å². The lowest BCUT2D eigenvalue weighted by atomic mass is 10.1. The Bertz CT molecular complexity index is 1180. The molecule has 1 fully saturated rings. The molecule has 1 aliphatic heterocycles. The summed E-state index contributed by atoms with van der Waals surface area (Å²) in [6, 6.07) is 4.50. The number of halogens is 3. The molecule has 1 aliphatic rings. The van der Waals surface area contributed by atoms with E-state index in [2.05, 4.69) is 10.1 Å². The van der Waals surface area contributed by atoms with Gasteiger partial charge in [-0.05, 0) is 25.5 Å². The van der Waals surface area contributed by atoms with Gasteiger partial charge >= 0.3 is 16.6 Å². The van der Waals surface area contributed by atoms with Crippen LogP contribution in [0.25, 0.3) is 22.3 Å². The second kappa shape index (κ2) is 17.8. The van der Waals surface area contributed by atoms with E-state index in [4.69, 9.17) is 18.6 Å². The number of pyridine rings is 2. The molecule has 13 heteroatoms. The second-order valence-corrected chi connectivity index (χ2v) is 8.77. The van der Waals surface area contributed by atoms with Crippen LogP contribution >= 0.6 is 0 Å². The Balaban J connectivity index is 0.00000125. The summed E-state index contributed by atoms with van der Waals surface area (Å²) in [5.74, 6) is 0.173. The van der Waals surface area contributed by atoms with Gasteiger partial charge in [0.25, 0.3) is 0 Å². The summed E-state index contributed by atoms with van der Waals surface area (Å²) in [7, 11) is 0. The molecule has 0 bridgehead atoms. The van der Waals surface area contributed by atoms with Crippen molar-refractivity contribution in [3.8, 4) is 17.1 Å². The van der Waals surface area contributed by atoms with E-state index in [0.29, 0.717) is 49.1 Å². The number of alkyl halides is 3. The van der Waals surface area contributed by atoms with E-state index in [0.717, 1.165) is 6.42 Å². The molecule has 2 atom stereocenters. The number of hydrogen-bond donors (Lipinski definition) is 0. The van der Waals surface area contributed by atoms with Gasteiger partial charge in [0, 0.05) is 37.0 Å². The molecule has 0 spiro atoms. The fourth-order valence-corrected chi connectivity index (χ4v) is 4.04. The predicted molar refractivity (Wildman–Crippen MR) is 153 cm³/mol. The van der Waals surface area contributed by atoms with Crippen LogP contribution in [0.2, 0.25) is 0 Å². The van der Waals surface area contributed by atoms with Gasteiger partial charge in [-0.25, -0.2) is 13.9 Å². The zero-order valence-corrected chi connectivity index (χ0v) is 25.4. The summed E-state index contributed by atoms with van der Waals surface area (Å²) in [4.78, 5) is 11.1. The van der Waals surface area contributed by atoms with Crippen molar-refractivity contribution in [2.24, 2.45) is 0 Å². The SMILES string of the molecule is CC.CC.CC.CCCOCn1nccc1-c1nccc2c(OS(=O)C(F)(F)F)cc(N3CCOCC3C)nc12. The van der Waals surface area contributed by atoms with Crippen LogP contribution in [-0.4, -0.2) is 61.9 Å². The van der Waals surface area contributed by atoms with Crippen molar-refractivity contribution >= 4 is 27.8 Å². The molecule has 40 heavy (non-hydrogen) atoms. The maximum atomic E-state index is 13.0. The molecule has 3 aromatic rings. The topological polar surface area (TPSA) is 91.6 Å². The molecule has 2 unspecified atom stereocenters. The average Bonchev–Trinajstić information content (AvgIpc) is 3.44. The highest BCUT2D eigenvalue weighted by Gasteiger charge is 2.40. The van der Waals surface area contributed by atoms with Crippen LogP contribution in [0, 0.1) is 0 Å². The summed E-state index contributed by atoms with van der Waals surface area (Å²) in [6.45, 7) is 18.0. The third-order valence-electron chi connectivity index (χ3n) is 5.21. The highest BCUT2D eigenvalue weighted by molar-refractivity contribution is 7.81. The van der Waals surface area contributed by atoms with Crippen LogP contribution in [0.5, 0.6) is 5.75 Å². The lowest BCUT2D eigenvalue weighted by Gasteiger charge is -2.34. The Morgan fingerprint density at radius 3 is 2.45 bits per heavy atom. The van der Waals surface area contributed by atoms with Gasteiger partial charge in [-0.1, -0.05) is 48.5 Å². The Hall–Kier alpha value is -2.77. The number of hydrogen-bond acceptors (Lipinski definition) is 8. The number of nitrogens with zero attached hydrogens (tertiary/aromatic N) is 5. The molecule has 1 saturated heterocycles. The first kappa shape index (κ1) is 35.3. The minimum atomic E-state index is -5.03. The third kappa shape index (κ3) is 9.13. The van der Waals surface area contributed by atoms with Gasteiger partial charge < -0.3 is 18.6 Å². The first-order valence-corrected chi connectivity index (χ1v) is 14.8. The second-order valence-electron chi connectivity index (χ2n) is 7.67. The first-order chi connectivity index (χ1) is 19.3. The zero-order valence-electron chi connectivity index (χ0n) is 24.6. The van der Waals surface area contributed by atoms with Crippen LogP contribution in [0.1, 0.15) is 61.8 Å². The van der Waals surface area contributed by atoms with Crippen LogP contribution in [0.3, 0.4) is 0 Å². The Morgan fingerprint density at radius 2 is 1.82 bits per heavy atom. The molecular weight excluding hydrogens is 547 g/mol. The maximum Gasteiger partial charge on any atom is 0.508 e. The van der Waals surface area contributed by atoms with Crippen LogP contribution in [0.4, 0.5) is 19.0 Å². The zero-order chi connectivity index (χ0) is 30.3. The van der Waals surface area contributed by atoms with Crippen LogP contribution in [-0.2, 0) is 27.3 Å². The van der Waals surface area contributed by atoms with E-state index in [9.17, 15) is 17.4 Å². The van der Waals surface area contributed by atoms with E-state index in [1.807, 2.05) is 60.3 Å². The van der Waals surface area contributed by atoms with E-state index >= 15 is 0 Å². The number of fused-ring (bicyclic) bond motifs is 1. The molecule has 0 radical (unpaired) electrons. The van der Waals surface area contributed by atoms with Gasteiger partial charge in [-0.15, -0.1) is 0 Å². The van der Waals surface area contributed by atoms with E-state index < -0.39 is 16.6 Å². The van der Waals surface area contributed by atoms with Crippen molar-refractivity contribution in [1.82, 2.24) is 19.7 Å². The quantitative estimate of drug-likeness (QED) is 0.267. The Morgan fingerprint density at radius 1 is 1.12 bits per heavy atom. The lowest BCUT2D eigenvalue weighted by Crippen LogP contribution is -2.44. The summed E-state index contributed by atoms with van der Waals surface area (Å²) in [5.41, 5.74) is -3.78. The molecule has 0 aromatic carbocycles. The largest absolute Gasteiger partial charge is 0.508 e. The lowest BCUT2D eigenvalue weighted by molar-refractivity contribution is -0.0437. The van der Waals surface area contributed by atoms with Gasteiger partial charge in [-0.2, -0.15) is 18.3 Å². The molecular formula is C27H42F3N5O4S. The highest BCUT2D eigenvalue weighted by Crippen LogP contribution is 2.36. The van der Waals surface area contributed by atoms with Crippen molar-refractivity contribution < 1.29 is 31.0 Å². The van der Waals surface area contributed by atoms with Crippen molar-refractivity contribution in [2.75, 3.05) is 31.3 Å². The highest BCUT2D eigenvalue weighted by atomic mass is 32.2. The molecule has 4 heterocycles. The van der Waals surface area contributed by atoms with E-state index in [1.54, 1.807) is 16.9 Å². The van der Waals surface area contributed by atoms with Crippen LogP contribution < -0.4 is 9.08 Å². The molecule has 0 aliphatic carbocycles. The minimum absolute atomic E-state index is 0.0762. The summed E-state index contributed by atoms with van der Waals surface area (Å²) in [6.07, 6.45) is 3.85. The monoisotopic (exact) mass is 589 g/mol. The van der Waals surface area contributed by atoms with Crippen LogP contribution in [0.15, 0.2) is 30.6 Å². The fourth-order valence-electron chi connectivity index (χ4n) is 3.64. The third-order valence-corrected chi connectivity index (χ3v) is 5.92.